The fraction of sp³-hybridized carbons (Fsp3) is 0.500. The minimum atomic E-state index is -0.444. The van der Waals surface area contributed by atoms with E-state index in [0.717, 1.165) is 13.1 Å². The van der Waals surface area contributed by atoms with Gasteiger partial charge in [-0.25, -0.2) is 4.52 Å². The first-order chi connectivity index (χ1) is 8.66. The smallest absolute Gasteiger partial charge is 0.252 e. The van der Waals surface area contributed by atoms with Gasteiger partial charge >= 0.3 is 0 Å². The van der Waals surface area contributed by atoms with Crippen LogP contribution >= 0.6 is 0 Å². The van der Waals surface area contributed by atoms with Crippen molar-refractivity contribution >= 4 is 11.7 Å². The third-order valence-electron chi connectivity index (χ3n) is 2.73. The number of aromatic nitrogens is 4. The van der Waals surface area contributed by atoms with Gasteiger partial charge in [0, 0.05) is 24.8 Å². The van der Waals surface area contributed by atoms with Gasteiger partial charge in [-0.15, -0.1) is 5.10 Å². The van der Waals surface area contributed by atoms with Crippen LogP contribution in [-0.2, 0) is 4.74 Å². The summed E-state index contributed by atoms with van der Waals surface area (Å²) in [5.74, 6) is 0.928. The molecule has 1 aliphatic rings. The van der Waals surface area contributed by atoms with Crippen LogP contribution in [0.15, 0.2) is 10.8 Å². The number of aromatic amines is 1. The van der Waals surface area contributed by atoms with Gasteiger partial charge < -0.3 is 9.64 Å². The lowest BCUT2D eigenvalue weighted by Gasteiger charge is -2.25. The summed E-state index contributed by atoms with van der Waals surface area (Å²) in [5.41, 5.74) is 0.0432. The van der Waals surface area contributed by atoms with E-state index in [1.54, 1.807) is 6.92 Å². The molecule has 0 atom stereocenters. The van der Waals surface area contributed by atoms with Crippen molar-refractivity contribution in [3.63, 3.8) is 0 Å². The first kappa shape index (κ1) is 9.17. The Kier molecular flexibility index (Phi) is 2.08. The van der Waals surface area contributed by atoms with Crippen LogP contribution in [0.1, 0.15) is 7.06 Å². The fourth-order valence-corrected chi connectivity index (χ4v) is 1.86. The molecule has 7 heteroatoms. The molecule has 2 aromatic heterocycles. The van der Waals surface area contributed by atoms with Gasteiger partial charge in [0.2, 0.25) is 11.7 Å². The minimum absolute atomic E-state index is 0.0825. The third-order valence-corrected chi connectivity index (χ3v) is 2.73. The molecule has 2 aromatic rings. The molecule has 1 N–H and O–H groups in total. The van der Waals surface area contributed by atoms with Crippen LogP contribution in [-0.4, -0.2) is 45.9 Å². The maximum atomic E-state index is 11.5. The highest BCUT2D eigenvalue weighted by Crippen LogP contribution is 2.11. The van der Waals surface area contributed by atoms with E-state index in [1.807, 2.05) is 4.90 Å². The molecule has 0 aliphatic carbocycles. The highest BCUT2D eigenvalue weighted by molar-refractivity contribution is 5.40. The van der Waals surface area contributed by atoms with Crippen molar-refractivity contribution < 1.29 is 6.11 Å². The predicted molar refractivity (Wildman–Crippen MR) is 61.4 cm³/mol. The Bertz CT molecular complexity index is 643. The number of morpholine rings is 1. The molecule has 1 saturated heterocycles. The zero-order valence-corrected chi connectivity index (χ0v) is 9.43. The van der Waals surface area contributed by atoms with Crippen molar-refractivity contribution in [1.82, 2.24) is 19.6 Å². The van der Waals surface area contributed by atoms with E-state index >= 15 is 0 Å². The van der Waals surface area contributed by atoms with Crippen LogP contribution in [0.2, 0.25) is 0 Å². The molecule has 0 bridgehead atoms. The van der Waals surface area contributed by atoms with E-state index in [9.17, 15) is 4.79 Å². The van der Waals surface area contributed by atoms with E-state index in [-0.39, 0.29) is 6.04 Å². The lowest BCUT2D eigenvalue weighted by molar-refractivity contribution is 0.122. The highest BCUT2D eigenvalue weighted by Gasteiger charge is 2.16. The normalized spacial score (nSPS) is 17.5. The molecule has 1 fully saturated rings. The number of H-pyrrole nitrogens is 1. The number of aryl methyl sites for hydroxylation is 1. The van der Waals surface area contributed by atoms with Crippen LogP contribution < -0.4 is 10.5 Å². The van der Waals surface area contributed by atoms with Crippen molar-refractivity contribution in [2.75, 3.05) is 31.2 Å². The second-order valence-electron chi connectivity index (χ2n) is 3.91. The first-order valence-electron chi connectivity index (χ1n) is 5.96. The molecule has 3 rings (SSSR count). The Balaban J connectivity index is 2.10. The van der Waals surface area contributed by atoms with Crippen molar-refractivity contribution in [1.29, 1.82) is 0 Å². The number of ether oxygens (including phenoxy) is 1. The minimum Gasteiger partial charge on any atom is -0.378 e. The maximum Gasteiger partial charge on any atom is 0.252 e. The quantitative estimate of drug-likeness (QED) is 0.726. The number of hydrogen-bond acceptors (Lipinski definition) is 5. The van der Waals surface area contributed by atoms with E-state index in [4.69, 9.17) is 6.11 Å². The standard InChI is InChI=1S/C10H13N5O2/c1-7-6-8(16)11-9-12-10(13-15(7)9)14-2-4-17-5-3-14/h6H,2-5H2,1H3,(H,11,12,13,16)/i6D. The van der Waals surface area contributed by atoms with Gasteiger partial charge in [-0.1, -0.05) is 0 Å². The SMILES string of the molecule is [2H]c1c(C)n2nc(N3CCOCC3)nc2[nH]c1=O. The zero-order valence-electron chi connectivity index (χ0n) is 10.4. The van der Waals surface area contributed by atoms with Crippen molar-refractivity contribution in [3.05, 3.63) is 22.1 Å². The molecule has 0 spiro atoms. The van der Waals surface area contributed by atoms with E-state index in [2.05, 4.69) is 15.1 Å². The molecule has 0 unspecified atom stereocenters. The summed E-state index contributed by atoms with van der Waals surface area (Å²) in [5, 5.41) is 4.32. The maximum absolute atomic E-state index is 11.5. The summed E-state index contributed by atoms with van der Waals surface area (Å²) in [4.78, 5) is 20.3. The molecule has 7 nitrogen and oxygen atoms in total. The summed E-state index contributed by atoms with van der Waals surface area (Å²) in [7, 11) is 0. The van der Waals surface area contributed by atoms with E-state index < -0.39 is 5.56 Å². The number of anilines is 1. The zero-order chi connectivity index (χ0) is 12.7. The summed E-state index contributed by atoms with van der Waals surface area (Å²) >= 11 is 0. The molecule has 0 saturated carbocycles. The summed E-state index contributed by atoms with van der Waals surface area (Å²) in [6, 6.07) is -0.0825. The number of rotatable bonds is 1. The molecule has 0 aromatic carbocycles. The molecule has 17 heavy (non-hydrogen) atoms. The van der Waals surface area contributed by atoms with Gasteiger partial charge in [0.25, 0.3) is 5.56 Å². The van der Waals surface area contributed by atoms with Gasteiger partial charge in [-0.05, 0) is 6.92 Å². The van der Waals surface area contributed by atoms with Crippen LogP contribution in [0.25, 0.3) is 5.78 Å². The second-order valence-corrected chi connectivity index (χ2v) is 3.91. The predicted octanol–water partition coefficient (Wildman–Crippen LogP) is -0.437. The summed E-state index contributed by atoms with van der Waals surface area (Å²) < 4.78 is 14.4. The molecule has 3 heterocycles. The third kappa shape index (κ3) is 1.78. The van der Waals surface area contributed by atoms with Crippen LogP contribution in [0.4, 0.5) is 5.95 Å². The van der Waals surface area contributed by atoms with E-state index in [0.29, 0.717) is 30.6 Å². The molecular formula is C10H13N5O2. The van der Waals surface area contributed by atoms with Gasteiger partial charge in [0.05, 0.1) is 14.6 Å². The Morgan fingerprint density at radius 1 is 1.53 bits per heavy atom. The fourth-order valence-electron chi connectivity index (χ4n) is 1.86. The first-order valence-corrected chi connectivity index (χ1v) is 5.46. The van der Waals surface area contributed by atoms with Gasteiger partial charge in [0.1, 0.15) is 0 Å². The van der Waals surface area contributed by atoms with Crippen molar-refractivity contribution in [2.24, 2.45) is 0 Å². The van der Waals surface area contributed by atoms with Gasteiger partial charge in [-0.3, -0.25) is 9.78 Å². The van der Waals surface area contributed by atoms with Gasteiger partial charge in [-0.2, -0.15) is 4.98 Å². The lowest BCUT2D eigenvalue weighted by Crippen LogP contribution is -2.36. The van der Waals surface area contributed by atoms with E-state index in [1.165, 1.54) is 4.52 Å². The van der Waals surface area contributed by atoms with Crippen molar-refractivity contribution in [2.45, 2.75) is 6.92 Å². The molecule has 1 aliphatic heterocycles. The average Bonchev–Trinajstić information content (AvgIpc) is 2.81. The summed E-state index contributed by atoms with van der Waals surface area (Å²) in [6.45, 7) is 4.44. The number of nitrogens with zero attached hydrogens (tertiary/aromatic N) is 4. The topological polar surface area (TPSA) is 75.5 Å². The Labute approximate surface area is 98.4 Å². The second kappa shape index (κ2) is 3.85. The highest BCUT2D eigenvalue weighted by atomic mass is 16.5. The Morgan fingerprint density at radius 2 is 2.29 bits per heavy atom. The molecule has 0 radical (unpaired) electrons. The Hall–Kier alpha value is -1.89. The van der Waals surface area contributed by atoms with Crippen LogP contribution in [0.3, 0.4) is 0 Å². The average molecular weight is 236 g/mol. The Morgan fingerprint density at radius 3 is 3.06 bits per heavy atom. The molecular weight excluding hydrogens is 222 g/mol. The van der Waals surface area contributed by atoms with Crippen molar-refractivity contribution in [3.8, 4) is 0 Å². The number of fused-ring (bicyclic) bond motifs is 1. The van der Waals surface area contributed by atoms with Gasteiger partial charge in [0.15, 0.2) is 0 Å². The molecule has 90 valence electrons. The van der Waals surface area contributed by atoms with Crippen LogP contribution in [0, 0.1) is 6.92 Å². The van der Waals surface area contributed by atoms with Crippen LogP contribution in [0.5, 0.6) is 0 Å². The summed E-state index contributed by atoms with van der Waals surface area (Å²) in [6.07, 6.45) is 0. The molecule has 0 amide bonds. The number of nitrogens with one attached hydrogen (secondary N) is 1. The largest absolute Gasteiger partial charge is 0.378 e. The lowest BCUT2D eigenvalue weighted by atomic mass is 10.4. The monoisotopic (exact) mass is 236 g/mol. The number of hydrogen-bond donors (Lipinski definition) is 1.